The second-order valence-corrected chi connectivity index (χ2v) is 28.4. The predicted octanol–water partition coefficient (Wildman–Crippen LogP) is 24.5. The van der Waals surface area contributed by atoms with Crippen molar-refractivity contribution < 1.29 is 42.1 Å². The summed E-state index contributed by atoms with van der Waals surface area (Å²) >= 11 is 0. The van der Waals surface area contributed by atoms with Gasteiger partial charge in [-0.3, -0.25) is 14.2 Å². The average Bonchev–Trinajstić information content (AvgIpc) is 3.60. The number of phosphoric ester groups is 1. The molecule has 0 aliphatic rings. The second kappa shape index (κ2) is 69.8. The van der Waals surface area contributed by atoms with Crippen molar-refractivity contribution in [3.05, 3.63) is 72.9 Å². The van der Waals surface area contributed by atoms with Gasteiger partial charge in [0, 0.05) is 12.8 Å². The van der Waals surface area contributed by atoms with Gasteiger partial charge in [0.2, 0.25) is 0 Å². The van der Waals surface area contributed by atoms with E-state index < -0.39 is 26.5 Å². The maximum atomic E-state index is 12.9. The summed E-state index contributed by atoms with van der Waals surface area (Å²) in [5.74, 6) is -0.824. The third-order valence-corrected chi connectivity index (χ3v) is 18.0. The Morgan fingerprint density at radius 2 is 0.640 bits per heavy atom. The van der Waals surface area contributed by atoms with Crippen molar-refractivity contribution in [3.63, 3.8) is 0 Å². The molecule has 0 N–H and O–H groups in total. The maximum Gasteiger partial charge on any atom is 0.306 e. The SMILES string of the molecule is CC/C=C\C/C=C\C/C=C\C/C=C\C/C=C\C/C=C\CCCCCCCCCCCCC(=O)OC(COC(=O)CCCCCCCCCCCCCCCCCCCCCCCCCCCCCCCCCCCCCC)COP(=O)([O-])OCC[N+](C)(C)C. The Hall–Kier alpha value is -2.55. The third kappa shape index (κ3) is 74.4. The number of carbonyl (C=O) groups excluding carboxylic acids is 2. The van der Waals surface area contributed by atoms with Crippen LogP contribution in [0.2, 0.25) is 0 Å². The van der Waals surface area contributed by atoms with Crippen molar-refractivity contribution in [2.24, 2.45) is 0 Å². The van der Waals surface area contributed by atoms with E-state index in [0.717, 1.165) is 83.5 Å². The number of carbonyl (C=O) groups is 2. The molecule has 0 aromatic heterocycles. The molecular weight excluding hydrogens is 1120 g/mol. The first kappa shape index (κ1) is 86.5. The van der Waals surface area contributed by atoms with Crippen LogP contribution in [-0.2, 0) is 32.7 Å². The first-order valence-corrected chi connectivity index (χ1v) is 39.6. The van der Waals surface area contributed by atoms with Crippen LogP contribution in [0.3, 0.4) is 0 Å². The van der Waals surface area contributed by atoms with E-state index in [0.29, 0.717) is 17.4 Å². The molecule has 0 spiro atoms. The number of ether oxygens (including phenoxy) is 2. The summed E-state index contributed by atoms with van der Waals surface area (Å²) < 4.78 is 34.4. The molecule has 0 amide bonds. The average molecular weight is 1270 g/mol. The number of esters is 2. The number of hydrogen-bond donors (Lipinski definition) is 0. The van der Waals surface area contributed by atoms with E-state index in [1.54, 1.807) is 0 Å². The van der Waals surface area contributed by atoms with Gasteiger partial charge in [-0.05, 0) is 64.2 Å². The van der Waals surface area contributed by atoms with E-state index in [4.69, 9.17) is 18.5 Å². The highest BCUT2D eigenvalue weighted by molar-refractivity contribution is 7.45. The summed E-state index contributed by atoms with van der Waals surface area (Å²) in [4.78, 5) is 38.1. The quantitative estimate of drug-likeness (QED) is 0.0195. The molecule has 0 bridgehead atoms. The van der Waals surface area contributed by atoms with Gasteiger partial charge in [-0.1, -0.05) is 363 Å². The number of rotatable bonds is 71. The second-order valence-electron chi connectivity index (χ2n) is 27.0. The lowest BCUT2D eigenvalue weighted by molar-refractivity contribution is -0.870. The minimum Gasteiger partial charge on any atom is -0.756 e. The van der Waals surface area contributed by atoms with E-state index in [1.807, 2.05) is 21.1 Å². The smallest absolute Gasteiger partial charge is 0.306 e. The zero-order chi connectivity index (χ0) is 64.8. The van der Waals surface area contributed by atoms with Crippen molar-refractivity contribution >= 4 is 19.8 Å². The molecule has 0 aromatic rings. The van der Waals surface area contributed by atoms with E-state index >= 15 is 0 Å². The molecular formula is C79H146NO8P. The topological polar surface area (TPSA) is 111 Å². The van der Waals surface area contributed by atoms with Gasteiger partial charge in [-0.15, -0.1) is 0 Å². The van der Waals surface area contributed by atoms with Crippen LogP contribution in [0.4, 0.5) is 0 Å². The molecule has 0 saturated heterocycles. The Balaban J connectivity index is 3.96. The standard InChI is InChI=1S/C79H146NO8P/c1-6-8-10-12-14-16-18-20-22-24-26-28-30-32-34-36-37-38-39-40-41-42-44-45-47-49-51-53-55-57-59-61-63-65-67-69-71-78(81)85-75-77(76-87-89(83,84)86-74-73-80(3,4)5)88-79(82)72-70-68-66-64-62-60-58-56-54-52-50-48-46-43-35-33-31-29-27-25-23-21-19-17-15-13-11-9-7-2/h9,11,15,17,21,23,27,29,33,35,46,48,77H,6-8,10,12-14,16,18-20,22,24-26,28,30-32,34,36-45,47,49-76H2,1-5H3/b11-9-,17-15-,23-21-,29-27-,35-33-,48-46-. The molecule has 0 aromatic carbocycles. The Morgan fingerprint density at radius 1 is 0.360 bits per heavy atom. The first-order valence-electron chi connectivity index (χ1n) is 38.1. The minimum absolute atomic E-state index is 0.0325. The zero-order valence-corrected chi connectivity index (χ0v) is 60.3. The van der Waals surface area contributed by atoms with E-state index in [1.165, 1.54) is 250 Å². The van der Waals surface area contributed by atoms with Gasteiger partial charge in [-0.2, -0.15) is 0 Å². The Labute approximate surface area is 552 Å². The van der Waals surface area contributed by atoms with Crippen LogP contribution in [0.25, 0.3) is 0 Å². The number of likely N-dealkylation sites (N-methyl/N-ethyl adjacent to an activating group) is 1. The predicted molar refractivity (Wildman–Crippen MR) is 383 cm³/mol. The van der Waals surface area contributed by atoms with Gasteiger partial charge >= 0.3 is 11.9 Å². The normalized spacial score (nSPS) is 13.5. The number of nitrogens with zero attached hydrogens (tertiary/aromatic N) is 1. The Morgan fingerprint density at radius 3 is 0.955 bits per heavy atom. The highest BCUT2D eigenvalue weighted by Crippen LogP contribution is 2.38. The van der Waals surface area contributed by atoms with Gasteiger partial charge in [0.1, 0.15) is 19.8 Å². The zero-order valence-electron chi connectivity index (χ0n) is 59.4. The largest absolute Gasteiger partial charge is 0.756 e. The molecule has 0 aliphatic heterocycles. The molecule has 0 fully saturated rings. The summed E-state index contributed by atoms with van der Waals surface area (Å²) in [6.45, 7) is 4.18. The third-order valence-electron chi connectivity index (χ3n) is 17.0. The van der Waals surface area contributed by atoms with Crippen LogP contribution in [0, 0.1) is 0 Å². The molecule has 0 saturated carbocycles. The summed E-state index contributed by atoms with van der Waals surface area (Å²) in [5.41, 5.74) is 0. The van der Waals surface area contributed by atoms with Crippen molar-refractivity contribution in [1.29, 1.82) is 0 Å². The number of quaternary nitrogens is 1. The molecule has 89 heavy (non-hydrogen) atoms. The van der Waals surface area contributed by atoms with Crippen molar-refractivity contribution in [2.75, 3.05) is 47.5 Å². The number of phosphoric acid groups is 1. The molecule has 520 valence electrons. The van der Waals surface area contributed by atoms with Crippen LogP contribution in [-0.4, -0.2) is 70.0 Å². The van der Waals surface area contributed by atoms with Crippen LogP contribution in [0.1, 0.15) is 367 Å². The molecule has 9 nitrogen and oxygen atoms in total. The summed E-state index contributed by atoms with van der Waals surface area (Å²) in [7, 11) is 1.17. The van der Waals surface area contributed by atoms with Crippen molar-refractivity contribution in [2.45, 2.75) is 373 Å². The van der Waals surface area contributed by atoms with Crippen LogP contribution in [0.15, 0.2) is 72.9 Å². The van der Waals surface area contributed by atoms with Crippen LogP contribution >= 0.6 is 7.82 Å². The fraction of sp³-hybridized carbons (Fsp3) is 0.823. The lowest BCUT2D eigenvalue weighted by atomic mass is 10.0. The number of allylic oxidation sites excluding steroid dienone is 12. The van der Waals surface area contributed by atoms with Gasteiger partial charge in [0.15, 0.2) is 6.10 Å². The van der Waals surface area contributed by atoms with Gasteiger partial charge in [0.05, 0.1) is 27.7 Å². The molecule has 10 heteroatoms. The van der Waals surface area contributed by atoms with E-state index in [9.17, 15) is 19.0 Å². The molecule has 0 rings (SSSR count). The summed E-state index contributed by atoms with van der Waals surface area (Å²) in [6.07, 6.45) is 94.5. The molecule has 0 radical (unpaired) electrons. The Kier molecular flexibility index (Phi) is 67.8. The fourth-order valence-electron chi connectivity index (χ4n) is 11.2. The van der Waals surface area contributed by atoms with E-state index in [-0.39, 0.29) is 32.0 Å². The summed E-state index contributed by atoms with van der Waals surface area (Å²) in [5, 5.41) is 0. The van der Waals surface area contributed by atoms with Gasteiger partial charge < -0.3 is 27.9 Å². The number of hydrogen-bond acceptors (Lipinski definition) is 8. The highest BCUT2D eigenvalue weighted by atomic mass is 31.2. The lowest BCUT2D eigenvalue weighted by Gasteiger charge is -2.28. The molecule has 2 atom stereocenters. The Bertz CT molecular complexity index is 1730. The van der Waals surface area contributed by atoms with Crippen LogP contribution in [0.5, 0.6) is 0 Å². The minimum atomic E-state index is -4.65. The monoisotopic (exact) mass is 1270 g/mol. The van der Waals surface area contributed by atoms with Crippen molar-refractivity contribution in [3.8, 4) is 0 Å². The molecule has 0 heterocycles. The van der Waals surface area contributed by atoms with E-state index in [2.05, 4.69) is 86.8 Å². The number of unbranched alkanes of at least 4 members (excludes halogenated alkanes) is 45. The van der Waals surface area contributed by atoms with Gasteiger partial charge in [0.25, 0.3) is 7.82 Å². The maximum absolute atomic E-state index is 12.9. The first-order chi connectivity index (χ1) is 43.5. The lowest BCUT2D eigenvalue weighted by Crippen LogP contribution is -2.37. The highest BCUT2D eigenvalue weighted by Gasteiger charge is 2.22. The summed E-state index contributed by atoms with van der Waals surface area (Å²) in [6, 6.07) is 0. The van der Waals surface area contributed by atoms with Gasteiger partial charge in [-0.25, -0.2) is 0 Å². The molecule has 2 unspecified atom stereocenters. The van der Waals surface area contributed by atoms with Crippen molar-refractivity contribution in [1.82, 2.24) is 0 Å². The van der Waals surface area contributed by atoms with Crippen LogP contribution < -0.4 is 4.89 Å². The fourth-order valence-corrected chi connectivity index (χ4v) is 11.9. The molecule has 0 aliphatic carbocycles.